The molecule has 1 N–H and O–H groups in total. The Kier molecular flexibility index (Phi) is 3.24. The molecule has 0 saturated heterocycles. The fourth-order valence-corrected chi connectivity index (χ4v) is 0.206. The Morgan fingerprint density at radius 1 is 1.71 bits per heavy atom. The van der Waals surface area contributed by atoms with E-state index in [9.17, 15) is 4.79 Å². The van der Waals surface area contributed by atoms with Gasteiger partial charge in [-0.15, -0.1) is 0 Å². The third kappa shape index (κ3) is 5.37. The van der Waals surface area contributed by atoms with Crippen molar-refractivity contribution in [3.8, 4) is 0 Å². The van der Waals surface area contributed by atoms with Crippen LogP contribution in [0.25, 0.3) is 0 Å². The van der Waals surface area contributed by atoms with E-state index < -0.39 is 6.10 Å². The lowest BCUT2D eigenvalue weighted by molar-refractivity contribution is -0.104. The first kappa shape index (κ1) is 6.37. The van der Waals surface area contributed by atoms with Crippen LogP contribution >= 0.6 is 0 Å². The van der Waals surface area contributed by atoms with E-state index in [1.807, 2.05) is 0 Å². The predicted octanol–water partition coefficient (Wildman–Crippen LogP) is 0.122. The Labute approximate surface area is 42.5 Å². The van der Waals surface area contributed by atoms with E-state index in [2.05, 4.69) is 0 Å². The molecule has 7 heavy (non-hydrogen) atoms. The highest BCUT2D eigenvalue weighted by Gasteiger charge is 1.80. The van der Waals surface area contributed by atoms with Gasteiger partial charge in [0.15, 0.2) is 0 Å². The highest BCUT2D eigenvalue weighted by molar-refractivity contribution is 5.64. The summed E-state index contributed by atoms with van der Waals surface area (Å²) in [5.74, 6) is 0. The Balaban J connectivity index is 3.25. The molecule has 0 rings (SSSR count). The van der Waals surface area contributed by atoms with Crippen molar-refractivity contribution in [3.05, 3.63) is 12.2 Å². The van der Waals surface area contributed by atoms with E-state index in [4.69, 9.17) is 5.11 Å². The van der Waals surface area contributed by atoms with Crippen LogP contribution < -0.4 is 0 Å². The van der Waals surface area contributed by atoms with Crippen LogP contribution in [0.5, 0.6) is 0 Å². The van der Waals surface area contributed by atoms with Gasteiger partial charge in [0.05, 0.1) is 6.10 Å². The first-order valence-corrected chi connectivity index (χ1v) is 2.07. The van der Waals surface area contributed by atoms with Crippen LogP contribution in [0.4, 0.5) is 0 Å². The molecule has 0 aliphatic carbocycles. The van der Waals surface area contributed by atoms with Gasteiger partial charge in [-0.05, 0) is 13.0 Å². The monoisotopic (exact) mass is 100 g/mol. The zero-order valence-corrected chi connectivity index (χ0v) is 4.16. The van der Waals surface area contributed by atoms with Gasteiger partial charge in [0, 0.05) is 0 Å². The van der Waals surface area contributed by atoms with Gasteiger partial charge in [0.2, 0.25) is 0 Å². The second kappa shape index (κ2) is 3.56. The number of allylic oxidation sites excluding steroid dienone is 1. The van der Waals surface area contributed by atoms with E-state index in [0.717, 1.165) is 0 Å². The highest BCUT2D eigenvalue weighted by atomic mass is 16.3. The normalized spacial score (nSPS) is 14.6. The molecule has 0 spiro atoms. The van der Waals surface area contributed by atoms with Crippen molar-refractivity contribution in [1.29, 1.82) is 0 Å². The van der Waals surface area contributed by atoms with Crippen LogP contribution in [-0.2, 0) is 4.79 Å². The summed E-state index contributed by atoms with van der Waals surface area (Å²) in [5.41, 5.74) is 0. The molecule has 0 saturated carbocycles. The molecule has 0 bridgehead atoms. The van der Waals surface area contributed by atoms with Crippen molar-refractivity contribution in [3.63, 3.8) is 0 Å². The number of carbonyl (C=O) groups is 1. The van der Waals surface area contributed by atoms with Crippen LogP contribution in [0.2, 0.25) is 0 Å². The summed E-state index contributed by atoms with van der Waals surface area (Å²) < 4.78 is 0. The van der Waals surface area contributed by atoms with Crippen molar-refractivity contribution in [2.75, 3.05) is 0 Å². The molecule has 0 radical (unpaired) electrons. The van der Waals surface area contributed by atoms with Crippen LogP contribution in [0.1, 0.15) is 6.92 Å². The molecule has 2 heteroatoms. The van der Waals surface area contributed by atoms with E-state index in [1.165, 1.54) is 12.2 Å². The summed E-state index contributed by atoms with van der Waals surface area (Å²) in [4.78, 5) is 9.51. The summed E-state index contributed by atoms with van der Waals surface area (Å²) in [6, 6.07) is 0. The number of carbonyl (C=O) groups excluding carboxylic acids is 1. The van der Waals surface area contributed by atoms with Gasteiger partial charge in [-0.1, -0.05) is 6.08 Å². The third-order valence-electron chi connectivity index (χ3n) is 0.468. The molecule has 0 aromatic rings. The smallest absolute Gasteiger partial charge is 0.142 e. The van der Waals surface area contributed by atoms with Gasteiger partial charge in [0.1, 0.15) is 6.29 Å². The Morgan fingerprint density at radius 2 is 2.29 bits per heavy atom. The molecular weight excluding hydrogens is 92.1 g/mol. The van der Waals surface area contributed by atoms with Crippen LogP contribution in [-0.4, -0.2) is 17.5 Å². The van der Waals surface area contributed by atoms with Crippen LogP contribution in [0.3, 0.4) is 0 Å². The van der Waals surface area contributed by atoms with E-state index >= 15 is 0 Å². The largest absolute Gasteiger partial charge is 0.389 e. The first-order valence-electron chi connectivity index (χ1n) is 2.07. The summed E-state index contributed by atoms with van der Waals surface area (Å²) in [6.07, 6.45) is 2.80. The van der Waals surface area contributed by atoms with E-state index in [0.29, 0.717) is 6.29 Å². The molecule has 0 aliphatic rings. The minimum absolute atomic E-state index is 0.509. The Morgan fingerprint density at radius 3 is 2.43 bits per heavy atom. The molecule has 0 unspecified atom stereocenters. The van der Waals surface area contributed by atoms with Gasteiger partial charge in [-0.2, -0.15) is 0 Å². The minimum atomic E-state index is -0.509. The van der Waals surface area contributed by atoms with Crippen molar-refractivity contribution in [1.82, 2.24) is 0 Å². The quantitative estimate of drug-likeness (QED) is 0.395. The first-order chi connectivity index (χ1) is 3.27. The number of aldehydes is 1. The number of hydrogen-bond donors (Lipinski definition) is 1. The number of rotatable bonds is 2. The summed E-state index contributed by atoms with van der Waals surface area (Å²) >= 11 is 0. The van der Waals surface area contributed by atoms with Gasteiger partial charge in [-0.25, -0.2) is 0 Å². The minimum Gasteiger partial charge on any atom is -0.389 e. The standard InChI is InChI=1S/C5H8O2/c1-5(7)3-2-4-6/h2-5,7H,1H3/b3-2+/t5-/m1/s1. The maximum Gasteiger partial charge on any atom is 0.142 e. The van der Waals surface area contributed by atoms with Gasteiger partial charge in [-0.3, -0.25) is 4.79 Å². The van der Waals surface area contributed by atoms with Crippen LogP contribution in [0.15, 0.2) is 12.2 Å². The summed E-state index contributed by atoms with van der Waals surface area (Å²) in [7, 11) is 0. The number of hydrogen-bond acceptors (Lipinski definition) is 2. The Bertz CT molecular complexity index is 74.1. The third-order valence-corrected chi connectivity index (χ3v) is 0.468. The molecular formula is C5H8O2. The van der Waals surface area contributed by atoms with Crippen molar-refractivity contribution >= 4 is 6.29 Å². The highest BCUT2D eigenvalue weighted by Crippen LogP contribution is 1.77. The lowest BCUT2D eigenvalue weighted by Gasteiger charge is -1.86. The molecule has 0 heterocycles. The SMILES string of the molecule is C[C@@H](O)/C=C/C=O. The van der Waals surface area contributed by atoms with E-state index in [-0.39, 0.29) is 0 Å². The second-order valence-corrected chi connectivity index (χ2v) is 1.26. The molecule has 0 aromatic carbocycles. The fourth-order valence-electron chi connectivity index (χ4n) is 0.206. The fraction of sp³-hybridized carbons (Fsp3) is 0.400. The van der Waals surface area contributed by atoms with Crippen LogP contribution in [0, 0.1) is 0 Å². The molecule has 0 fully saturated rings. The topological polar surface area (TPSA) is 37.3 Å². The molecule has 2 nitrogen and oxygen atoms in total. The molecule has 40 valence electrons. The average Bonchev–Trinajstić information content (AvgIpc) is 1.61. The second-order valence-electron chi connectivity index (χ2n) is 1.26. The van der Waals surface area contributed by atoms with Crippen molar-refractivity contribution < 1.29 is 9.90 Å². The van der Waals surface area contributed by atoms with Gasteiger partial charge < -0.3 is 5.11 Å². The van der Waals surface area contributed by atoms with E-state index in [1.54, 1.807) is 6.92 Å². The summed E-state index contributed by atoms with van der Waals surface area (Å²) in [6.45, 7) is 1.58. The van der Waals surface area contributed by atoms with Gasteiger partial charge in [0.25, 0.3) is 0 Å². The lowest BCUT2D eigenvalue weighted by atomic mass is 10.4. The van der Waals surface area contributed by atoms with Gasteiger partial charge >= 0.3 is 0 Å². The molecule has 0 aromatic heterocycles. The predicted molar refractivity (Wildman–Crippen MR) is 26.9 cm³/mol. The number of aliphatic hydroxyl groups is 1. The van der Waals surface area contributed by atoms with Crippen molar-refractivity contribution in [2.24, 2.45) is 0 Å². The maximum atomic E-state index is 9.51. The zero-order valence-electron chi connectivity index (χ0n) is 4.16. The molecule has 0 amide bonds. The maximum absolute atomic E-state index is 9.51. The zero-order chi connectivity index (χ0) is 5.70. The average molecular weight is 100 g/mol. The molecule has 0 aliphatic heterocycles. The van der Waals surface area contributed by atoms with Crippen molar-refractivity contribution in [2.45, 2.75) is 13.0 Å². The molecule has 1 atom stereocenters. The summed E-state index contributed by atoms with van der Waals surface area (Å²) in [5, 5.41) is 8.44. The Hall–Kier alpha value is -0.630. The number of aliphatic hydroxyl groups excluding tert-OH is 1. The lowest BCUT2D eigenvalue weighted by Crippen LogP contribution is -1.91.